The molecule has 3 heterocycles. The molecule has 2 aromatic heterocycles. The number of carbonyl (C=O) groups excluding carboxylic acids is 1. The minimum Gasteiger partial charge on any atom is -0.337 e. The first-order valence-corrected chi connectivity index (χ1v) is 11.7. The van der Waals surface area contributed by atoms with Crippen molar-refractivity contribution in [2.75, 3.05) is 31.5 Å². The SMILES string of the molecule is C=CN=C(N=C)N1CCN(C(=O)c2ccc(Nc3nc4ccccc4n4nnnc34)cc2)CC1.CC. The number of hydrogen-bond donors (Lipinski definition) is 1. The zero-order valence-electron chi connectivity index (χ0n) is 20.4. The highest BCUT2D eigenvalue weighted by Crippen LogP contribution is 2.23. The van der Waals surface area contributed by atoms with Gasteiger partial charge in [-0.25, -0.2) is 15.0 Å². The van der Waals surface area contributed by atoms with Gasteiger partial charge in [-0.3, -0.25) is 4.79 Å². The van der Waals surface area contributed by atoms with Crippen LogP contribution in [0.3, 0.4) is 0 Å². The van der Waals surface area contributed by atoms with E-state index in [4.69, 9.17) is 0 Å². The summed E-state index contributed by atoms with van der Waals surface area (Å²) in [4.78, 5) is 29.5. The van der Waals surface area contributed by atoms with E-state index in [0.29, 0.717) is 49.2 Å². The number of rotatable bonds is 4. The van der Waals surface area contributed by atoms with E-state index in [1.54, 1.807) is 16.6 Å². The molecule has 184 valence electrons. The molecule has 0 spiro atoms. The van der Waals surface area contributed by atoms with Crippen molar-refractivity contribution in [3.8, 4) is 0 Å². The third-order valence-corrected chi connectivity index (χ3v) is 5.62. The molecule has 0 bridgehead atoms. The van der Waals surface area contributed by atoms with Gasteiger partial charge in [-0.15, -0.1) is 5.10 Å². The van der Waals surface area contributed by atoms with Crippen LogP contribution in [0.4, 0.5) is 11.5 Å². The van der Waals surface area contributed by atoms with Gasteiger partial charge in [0.2, 0.25) is 11.6 Å². The number of fused-ring (bicyclic) bond motifs is 3. The Morgan fingerprint density at radius 3 is 2.42 bits per heavy atom. The zero-order chi connectivity index (χ0) is 25.5. The Balaban J connectivity index is 0.00000148. The highest BCUT2D eigenvalue weighted by molar-refractivity contribution is 5.95. The lowest BCUT2D eigenvalue weighted by Gasteiger charge is -2.35. The number of aromatic nitrogens is 5. The Kier molecular flexibility index (Phi) is 7.59. The summed E-state index contributed by atoms with van der Waals surface area (Å²) in [6.45, 7) is 13.6. The lowest BCUT2D eigenvalue weighted by molar-refractivity contribution is 0.0691. The van der Waals surface area contributed by atoms with Gasteiger partial charge in [-0.1, -0.05) is 32.6 Å². The lowest BCUT2D eigenvalue weighted by Crippen LogP contribution is -2.50. The first kappa shape index (κ1) is 24.5. The van der Waals surface area contributed by atoms with Gasteiger partial charge in [-0.05, 0) is 53.5 Å². The second-order valence-electron chi connectivity index (χ2n) is 7.61. The summed E-state index contributed by atoms with van der Waals surface area (Å²) >= 11 is 0. The van der Waals surface area contributed by atoms with Crippen LogP contribution in [-0.2, 0) is 0 Å². The predicted molar refractivity (Wildman–Crippen MR) is 142 cm³/mol. The molecule has 0 saturated carbocycles. The van der Waals surface area contributed by atoms with Gasteiger partial charge < -0.3 is 15.1 Å². The van der Waals surface area contributed by atoms with E-state index in [-0.39, 0.29) is 5.91 Å². The van der Waals surface area contributed by atoms with Gasteiger partial charge in [0, 0.05) is 43.6 Å². The van der Waals surface area contributed by atoms with Crippen LogP contribution < -0.4 is 5.32 Å². The molecular weight excluding hydrogens is 456 g/mol. The Morgan fingerprint density at radius 1 is 1.03 bits per heavy atom. The summed E-state index contributed by atoms with van der Waals surface area (Å²) in [5, 5.41) is 15.2. The van der Waals surface area contributed by atoms with Crippen molar-refractivity contribution in [1.29, 1.82) is 0 Å². The van der Waals surface area contributed by atoms with E-state index in [1.165, 1.54) is 6.20 Å². The first-order chi connectivity index (χ1) is 17.7. The van der Waals surface area contributed by atoms with Crippen molar-refractivity contribution in [2.24, 2.45) is 9.98 Å². The minimum absolute atomic E-state index is 0.0205. The van der Waals surface area contributed by atoms with Crippen molar-refractivity contribution in [2.45, 2.75) is 13.8 Å². The maximum Gasteiger partial charge on any atom is 0.253 e. The van der Waals surface area contributed by atoms with Crippen molar-refractivity contribution < 1.29 is 4.79 Å². The second-order valence-corrected chi connectivity index (χ2v) is 7.61. The van der Waals surface area contributed by atoms with Crippen LogP contribution >= 0.6 is 0 Å². The number of amides is 1. The van der Waals surface area contributed by atoms with Gasteiger partial charge in [0.15, 0.2) is 5.82 Å². The van der Waals surface area contributed by atoms with Crippen LogP contribution in [-0.4, -0.2) is 79.6 Å². The minimum atomic E-state index is -0.0205. The average Bonchev–Trinajstić information content (AvgIpc) is 3.44. The largest absolute Gasteiger partial charge is 0.337 e. The number of tetrazole rings is 1. The van der Waals surface area contributed by atoms with Crippen LogP contribution in [0.1, 0.15) is 24.2 Å². The maximum absolute atomic E-state index is 13.0. The number of carbonyl (C=O) groups is 1. The van der Waals surface area contributed by atoms with Crippen LogP contribution in [0, 0.1) is 0 Å². The van der Waals surface area contributed by atoms with Crippen LogP contribution in [0.5, 0.6) is 0 Å². The van der Waals surface area contributed by atoms with E-state index < -0.39 is 0 Å². The molecule has 1 amide bonds. The number of aliphatic imine (C=N–C) groups is 2. The predicted octanol–water partition coefficient (Wildman–Crippen LogP) is 3.40. The molecule has 36 heavy (non-hydrogen) atoms. The fourth-order valence-corrected chi connectivity index (χ4v) is 3.92. The van der Waals surface area contributed by atoms with E-state index >= 15 is 0 Å². The molecule has 2 aromatic carbocycles. The Labute approximate surface area is 208 Å². The molecule has 1 fully saturated rings. The smallest absolute Gasteiger partial charge is 0.253 e. The fraction of sp³-hybridized carbons (Fsp3) is 0.240. The first-order valence-electron chi connectivity index (χ1n) is 11.7. The average molecular weight is 485 g/mol. The monoisotopic (exact) mass is 484 g/mol. The summed E-state index contributed by atoms with van der Waals surface area (Å²) in [7, 11) is 0. The number of nitrogens with zero attached hydrogens (tertiary/aromatic N) is 9. The summed E-state index contributed by atoms with van der Waals surface area (Å²) in [6.07, 6.45) is 1.44. The molecule has 11 heteroatoms. The number of hydrogen-bond acceptors (Lipinski definition) is 7. The number of benzene rings is 2. The van der Waals surface area contributed by atoms with Gasteiger partial charge in [0.05, 0.1) is 11.0 Å². The fourth-order valence-electron chi connectivity index (χ4n) is 3.92. The Morgan fingerprint density at radius 2 is 1.72 bits per heavy atom. The van der Waals surface area contributed by atoms with E-state index in [1.807, 2.05) is 60.0 Å². The van der Waals surface area contributed by atoms with Crippen molar-refractivity contribution in [1.82, 2.24) is 34.8 Å². The molecule has 5 rings (SSSR count). The number of para-hydroxylation sites is 2. The Hall–Kier alpha value is -4.67. The topological polar surface area (TPSA) is 116 Å². The molecule has 1 aliphatic heterocycles. The highest BCUT2D eigenvalue weighted by atomic mass is 16.2. The van der Waals surface area contributed by atoms with Gasteiger partial charge in [0.1, 0.15) is 0 Å². The summed E-state index contributed by atoms with van der Waals surface area (Å²) in [6, 6.07) is 14.9. The van der Waals surface area contributed by atoms with E-state index in [9.17, 15) is 4.79 Å². The van der Waals surface area contributed by atoms with E-state index in [0.717, 1.165) is 16.7 Å². The third-order valence-electron chi connectivity index (χ3n) is 5.62. The molecule has 0 atom stereocenters. The van der Waals surface area contributed by atoms with Gasteiger partial charge in [-0.2, -0.15) is 4.52 Å². The number of nitrogens with one attached hydrogen (secondary N) is 1. The molecule has 0 unspecified atom stereocenters. The summed E-state index contributed by atoms with van der Waals surface area (Å²) < 4.78 is 1.65. The molecular formula is C25H28N10O. The molecule has 1 saturated heterocycles. The van der Waals surface area contributed by atoms with Gasteiger partial charge in [0.25, 0.3) is 5.91 Å². The second kappa shape index (κ2) is 11.2. The summed E-state index contributed by atoms with van der Waals surface area (Å²) in [5.41, 5.74) is 3.49. The molecule has 1 aliphatic rings. The normalized spacial score (nSPS) is 13.8. The van der Waals surface area contributed by atoms with Gasteiger partial charge >= 0.3 is 0 Å². The number of guanidine groups is 1. The molecule has 0 aliphatic carbocycles. The third kappa shape index (κ3) is 4.90. The molecule has 1 N–H and O–H groups in total. The molecule has 11 nitrogen and oxygen atoms in total. The number of piperazine rings is 1. The zero-order valence-corrected chi connectivity index (χ0v) is 20.4. The number of anilines is 2. The van der Waals surface area contributed by atoms with Crippen LogP contribution in [0.15, 0.2) is 71.3 Å². The molecule has 0 radical (unpaired) electrons. The molecule has 4 aromatic rings. The summed E-state index contributed by atoms with van der Waals surface area (Å²) in [5.74, 6) is 1.04. The quantitative estimate of drug-likeness (QED) is 0.349. The standard InChI is InChI=1S/C23H22N10O.C2H6/c1-3-25-23(24-2)32-14-12-31(13-15-32)22(34)16-8-10-17(11-9-16)26-20-21-28-29-30-33(21)19-7-5-4-6-18(19)27-20;1-2/h3-11H,1-2,12-15H2,(H,26,27);1-2H3. The highest BCUT2D eigenvalue weighted by Gasteiger charge is 2.23. The van der Waals surface area contributed by atoms with E-state index in [2.05, 4.69) is 49.1 Å². The van der Waals surface area contributed by atoms with Crippen molar-refractivity contribution in [3.05, 3.63) is 66.9 Å². The maximum atomic E-state index is 13.0. The van der Waals surface area contributed by atoms with Crippen LogP contribution in [0.25, 0.3) is 16.7 Å². The lowest BCUT2D eigenvalue weighted by atomic mass is 10.1. The van der Waals surface area contributed by atoms with Crippen molar-refractivity contribution >= 4 is 46.8 Å². The van der Waals surface area contributed by atoms with Crippen molar-refractivity contribution in [3.63, 3.8) is 0 Å². The Bertz CT molecular complexity index is 1400. The van der Waals surface area contributed by atoms with Crippen LogP contribution in [0.2, 0.25) is 0 Å².